The lowest BCUT2D eigenvalue weighted by molar-refractivity contribution is 0.700. The number of anilines is 1. The molecule has 1 aromatic carbocycles. The van der Waals surface area contributed by atoms with Crippen LogP contribution in [-0.4, -0.2) is 14.1 Å². The highest BCUT2D eigenvalue weighted by molar-refractivity contribution is 7.10. The summed E-state index contributed by atoms with van der Waals surface area (Å²) in [5, 5.41) is 8.68. The first kappa shape index (κ1) is 12.1. The number of aryl methyl sites for hydroxylation is 1. The average Bonchev–Trinajstić information content (AvgIpc) is 2.78. The van der Waals surface area contributed by atoms with Gasteiger partial charge < -0.3 is 10.6 Å². The van der Waals surface area contributed by atoms with Gasteiger partial charge in [-0.1, -0.05) is 12.1 Å². The standard InChI is InChI=1S/C14H18N2S/c1-10-8-9-17-14(10)13(16-3)11-4-6-12(15-2)7-5-11/h4-9,13,15-16H,1-3H3. The van der Waals surface area contributed by atoms with Crippen LogP contribution in [0, 0.1) is 6.92 Å². The molecule has 2 rings (SSSR count). The highest BCUT2D eigenvalue weighted by Gasteiger charge is 2.15. The lowest BCUT2D eigenvalue weighted by atomic mass is 10.0. The highest BCUT2D eigenvalue weighted by atomic mass is 32.1. The van der Waals surface area contributed by atoms with Gasteiger partial charge in [0.1, 0.15) is 0 Å². The van der Waals surface area contributed by atoms with Crippen molar-refractivity contribution in [2.24, 2.45) is 0 Å². The third kappa shape index (κ3) is 2.51. The van der Waals surface area contributed by atoms with Crippen molar-refractivity contribution in [1.82, 2.24) is 5.32 Å². The lowest BCUT2D eigenvalue weighted by Gasteiger charge is -2.17. The van der Waals surface area contributed by atoms with Crippen molar-refractivity contribution in [1.29, 1.82) is 0 Å². The van der Waals surface area contributed by atoms with Gasteiger partial charge in [0.15, 0.2) is 0 Å². The predicted molar refractivity (Wildman–Crippen MR) is 75.9 cm³/mol. The second kappa shape index (κ2) is 5.34. The summed E-state index contributed by atoms with van der Waals surface area (Å²) in [5.74, 6) is 0. The summed E-state index contributed by atoms with van der Waals surface area (Å²) >= 11 is 1.81. The van der Waals surface area contributed by atoms with E-state index in [0.29, 0.717) is 6.04 Å². The van der Waals surface area contributed by atoms with E-state index in [2.05, 4.69) is 53.3 Å². The van der Waals surface area contributed by atoms with E-state index in [-0.39, 0.29) is 0 Å². The van der Waals surface area contributed by atoms with Gasteiger partial charge in [0.05, 0.1) is 6.04 Å². The summed E-state index contributed by atoms with van der Waals surface area (Å²) in [6.45, 7) is 2.16. The van der Waals surface area contributed by atoms with E-state index in [1.54, 1.807) is 0 Å². The first-order valence-electron chi connectivity index (χ1n) is 5.75. The summed E-state index contributed by atoms with van der Waals surface area (Å²) in [6.07, 6.45) is 0. The van der Waals surface area contributed by atoms with Gasteiger partial charge >= 0.3 is 0 Å². The predicted octanol–water partition coefficient (Wildman–Crippen LogP) is 3.41. The summed E-state index contributed by atoms with van der Waals surface area (Å²) in [4.78, 5) is 1.39. The molecular weight excluding hydrogens is 228 g/mol. The Balaban J connectivity index is 2.32. The normalized spacial score (nSPS) is 12.4. The maximum Gasteiger partial charge on any atom is 0.0671 e. The Morgan fingerprint density at radius 2 is 1.76 bits per heavy atom. The molecular formula is C14H18N2S. The minimum absolute atomic E-state index is 0.293. The molecule has 2 nitrogen and oxygen atoms in total. The number of rotatable bonds is 4. The van der Waals surface area contributed by atoms with E-state index in [1.807, 2.05) is 25.4 Å². The van der Waals surface area contributed by atoms with Crippen LogP contribution in [0.15, 0.2) is 35.7 Å². The molecule has 0 aliphatic rings. The first-order chi connectivity index (χ1) is 8.26. The van der Waals surface area contributed by atoms with E-state index < -0.39 is 0 Å². The SMILES string of the molecule is CNc1ccc(C(NC)c2sccc2C)cc1. The third-order valence-corrected chi connectivity index (χ3v) is 4.07. The van der Waals surface area contributed by atoms with Crippen LogP contribution in [-0.2, 0) is 0 Å². The van der Waals surface area contributed by atoms with Crippen LogP contribution < -0.4 is 10.6 Å². The van der Waals surface area contributed by atoms with Gasteiger partial charge in [-0.2, -0.15) is 0 Å². The van der Waals surface area contributed by atoms with E-state index in [9.17, 15) is 0 Å². The van der Waals surface area contributed by atoms with Crippen molar-refractivity contribution >= 4 is 17.0 Å². The van der Waals surface area contributed by atoms with Crippen molar-refractivity contribution < 1.29 is 0 Å². The van der Waals surface area contributed by atoms with Gasteiger partial charge in [0.2, 0.25) is 0 Å². The molecule has 0 saturated carbocycles. The summed E-state index contributed by atoms with van der Waals surface area (Å²) in [7, 11) is 3.95. The maximum atomic E-state index is 3.39. The molecule has 1 unspecified atom stereocenters. The summed E-state index contributed by atoms with van der Waals surface area (Å²) in [5.41, 5.74) is 3.80. The molecule has 0 bridgehead atoms. The van der Waals surface area contributed by atoms with Crippen LogP contribution in [0.4, 0.5) is 5.69 Å². The second-order valence-electron chi connectivity index (χ2n) is 4.06. The molecule has 0 saturated heterocycles. The molecule has 1 aromatic heterocycles. The molecule has 0 radical (unpaired) electrons. The topological polar surface area (TPSA) is 24.1 Å². The summed E-state index contributed by atoms with van der Waals surface area (Å²) in [6, 6.07) is 11.0. The van der Waals surface area contributed by atoms with Gasteiger partial charge in [-0.15, -0.1) is 11.3 Å². The van der Waals surface area contributed by atoms with Crippen molar-refractivity contribution in [2.75, 3.05) is 19.4 Å². The van der Waals surface area contributed by atoms with Gasteiger partial charge in [0, 0.05) is 17.6 Å². The average molecular weight is 246 g/mol. The molecule has 0 fully saturated rings. The molecule has 2 N–H and O–H groups in total. The second-order valence-corrected chi connectivity index (χ2v) is 5.01. The van der Waals surface area contributed by atoms with Crippen molar-refractivity contribution in [3.63, 3.8) is 0 Å². The van der Waals surface area contributed by atoms with E-state index in [4.69, 9.17) is 0 Å². The highest BCUT2D eigenvalue weighted by Crippen LogP contribution is 2.29. The monoisotopic (exact) mass is 246 g/mol. The minimum atomic E-state index is 0.293. The van der Waals surface area contributed by atoms with Crippen LogP contribution in [0.5, 0.6) is 0 Å². The number of benzene rings is 1. The molecule has 0 amide bonds. The largest absolute Gasteiger partial charge is 0.388 e. The molecule has 3 heteroatoms. The number of nitrogens with one attached hydrogen (secondary N) is 2. The van der Waals surface area contributed by atoms with Crippen LogP contribution in [0.25, 0.3) is 0 Å². The van der Waals surface area contributed by atoms with Gasteiger partial charge in [-0.05, 0) is 48.7 Å². The van der Waals surface area contributed by atoms with Crippen molar-refractivity contribution in [3.05, 3.63) is 51.7 Å². The Morgan fingerprint density at radius 3 is 2.24 bits per heavy atom. The number of hydrogen-bond donors (Lipinski definition) is 2. The van der Waals surface area contributed by atoms with Gasteiger partial charge in [-0.3, -0.25) is 0 Å². The first-order valence-corrected chi connectivity index (χ1v) is 6.63. The minimum Gasteiger partial charge on any atom is -0.388 e. The zero-order chi connectivity index (χ0) is 12.3. The Bertz CT molecular complexity index is 473. The maximum absolute atomic E-state index is 3.39. The Labute approximate surface area is 107 Å². The summed E-state index contributed by atoms with van der Waals surface area (Å²) < 4.78 is 0. The molecule has 0 aliphatic heterocycles. The zero-order valence-corrected chi connectivity index (χ0v) is 11.3. The fourth-order valence-corrected chi connectivity index (χ4v) is 3.03. The Kier molecular flexibility index (Phi) is 3.82. The molecule has 1 heterocycles. The quantitative estimate of drug-likeness (QED) is 0.864. The fraction of sp³-hybridized carbons (Fsp3) is 0.286. The molecule has 17 heavy (non-hydrogen) atoms. The molecule has 0 aliphatic carbocycles. The zero-order valence-electron chi connectivity index (χ0n) is 10.4. The van der Waals surface area contributed by atoms with E-state index >= 15 is 0 Å². The van der Waals surface area contributed by atoms with Gasteiger partial charge in [0.25, 0.3) is 0 Å². The van der Waals surface area contributed by atoms with Crippen LogP contribution >= 0.6 is 11.3 Å². The Morgan fingerprint density at radius 1 is 1.06 bits per heavy atom. The molecule has 2 aromatic rings. The van der Waals surface area contributed by atoms with E-state index in [1.165, 1.54) is 16.0 Å². The van der Waals surface area contributed by atoms with Crippen molar-refractivity contribution in [3.8, 4) is 0 Å². The van der Waals surface area contributed by atoms with E-state index in [0.717, 1.165) is 5.69 Å². The third-order valence-electron chi connectivity index (χ3n) is 2.99. The molecule has 1 atom stereocenters. The van der Waals surface area contributed by atoms with Crippen LogP contribution in [0.1, 0.15) is 22.0 Å². The number of thiophene rings is 1. The smallest absolute Gasteiger partial charge is 0.0671 e. The fourth-order valence-electron chi connectivity index (χ4n) is 1.97. The van der Waals surface area contributed by atoms with Gasteiger partial charge in [-0.25, -0.2) is 0 Å². The lowest BCUT2D eigenvalue weighted by Crippen LogP contribution is -2.17. The molecule has 0 spiro atoms. The van der Waals surface area contributed by atoms with Crippen LogP contribution in [0.2, 0.25) is 0 Å². The van der Waals surface area contributed by atoms with Crippen molar-refractivity contribution in [2.45, 2.75) is 13.0 Å². The molecule has 90 valence electrons. The number of hydrogen-bond acceptors (Lipinski definition) is 3. The van der Waals surface area contributed by atoms with Crippen LogP contribution in [0.3, 0.4) is 0 Å². The Hall–Kier alpha value is -1.32.